The minimum atomic E-state index is 0.0423. The van der Waals surface area contributed by atoms with E-state index in [-0.39, 0.29) is 18.6 Å². The Kier molecular flexibility index (Phi) is 5.76. The Morgan fingerprint density at radius 3 is 2.93 bits per heavy atom. The Bertz CT molecular complexity index is 958. The fourth-order valence-corrected chi connectivity index (χ4v) is 4.00. The monoisotopic (exact) mass is 393 g/mol. The number of aromatic amines is 1. The lowest BCUT2D eigenvalue weighted by Gasteiger charge is -2.42. The Morgan fingerprint density at radius 2 is 2.10 bits per heavy atom. The van der Waals surface area contributed by atoms with E-state index >= 15 is 0 Å². The SMILES string of the molecule is C[C@H]1CCN(C(=O)COCc2ccccc2)C[C@H]1N(C)c1ncnc2[nH]ccc12. The Balaban J connectivity index is 1.39. The molecule has 0 aliphatic carbocycles. The van der Waals surface area contributed by atoms with E-state index in [0.717, 1.165) is 35.4 Å². The number of fused-ring (bicyclic) bond motifs is 1. The van der Waals surface area contributed by atoms with Gasteiger partial charge in [0.2, 0.25) is 5.91 Å². The summed E-state index contributed by atoms with van der Waals surface area (Å²) in [6, 6.07) is 12.1. The van der Waals surface area contributed by atoms with Gasteiger partial charge in [-0.15, -0.1) is 0 Å². The summed E-state index contributed by atoms with van der Waals surface area (Å²) in [7, 11) is 2.05. The number of amides is 1. The molecule has 1 N–H and O–H groups in total. The highest BCUT2D eigenvalue weighted by Gasteiger charge is 2.32. The molecule has 4 rings (SSSR count). The van der Waals surface area contributed by atoms with Gasteiger partial charge in [0, 0.05) is 26.3 Å². The van der Waals surface area contributed by atoms with Crippen LogP contribution in [0.15, 0.2) is 48.9 Å². The predicted octanol–water partition coefficient (Wildman–Crippen LogP) is 2.85. The summed E-state index contributed by atoms with van der Waals surface area (Å²) < 4.78 is 5.66. The number of hydrogen-bond acceptors (Lipinski definition) is 5. The van der Waals surface area contributed by atoms with Gasteiger partial charge in [0.15, 0.2) is 0 Å². The molecule has 2 atom stereocenters. The summed E-state index contributed by atoms with van der Waals surface area (Å²) in [6.07, 6.45) is 4.42. The standard InChI is InChI=1S/C22H27N5O2/c1-16-9-11-27(20(28)14-29-13-17-6-4-3-5-7-17)12-19(16)26(2)22-18-8-10-23-21(18)24-15-25-22/h3-8,10,15-16,19H,9,11-14H2,1-2H3,(H,23,24,25)/t16-,19+/m0/s1. The van der Waals surface area contributed by atoms with Crippen molar-refractivity contribution in [1.82, 2.24) is 19.9 Å². The van der Waals surface area contributed by atoms with Crippen molar-refractivity contribution in [1.29, 1.82) is 0 Å². The molecule has 1 aliphatic heterocycles. The normalized spacial score (nSPS) is 19.4. The van der Waals surface area contributed by atoms with Gasteiger partial charge >= 0.3 is 0 Å². The molecule has 0 saturated carbocycles. The van der Waals surface area contributed by atoms with Gasteiger partial charge in [-0.3, -0.25) is 4.79 Å². The summed E-state index contributed by atoms with van der Waals surface area (Å²) in [5.74, 6) is 1.39. The number of nitrogens with zero attached hydrogens (tertiary/aromatic N) is 4. The molecule has 1 aliphatic rings. The van der Waals surface area contributed by atoms with Crippen molar-refractivity contribution in [3.63, 3.8) is 0 Å². The van der Waals surface area contributed by atoms with Crippen molar-refractivity contribution in [2.24, 2.45) is 5.92 Å². The van der Waals surface area contributed by atoms with Crippen molar-refractivity contribution >= 4 is 22.8 Å². The van der Waals surface area contributed by atoms with Crippen molar-refractivity contribution in [3.8, 4) is 0 Å². The van der Waals surface area contributed by atoms with Gasteiger partial charge in [-0.25, -0.2) is 9.97 Å². The number of aromatic nitrogens is 3. The molecule has 3 heterocycles. The molecule has 3 aromatic rings. The number of nitrogens with one attached hydrogen (secondary N) is 1. The van der Waals surface area contributed by atoms with Crippen LogP contribution in [0.1, 0.15) is 18.9 Å². The molecule has 29 heavy (non-hydrogen) atoms. The van der Waals surface area contributed by atoms with E-state index in [4.69, 9.17) is 4.74 Å². The highest BCUT2D eigenvalue weighted by atomic mass is 16.5. The van der Waals surface area contributed by atoms with Crippen LogP contribution < -0.4 is 4.90 Å². The van der Waals surface area contributed by atoms with Crippen molar-refractivity contribution in [2.75, 3.05) is 31.6 Å². The van der Waals surface area contributed by atoms with Gasteiger partial charge < -0.3 is 19.5 Å². The van der Waals surface area contributed by atoms with Gasteiger partial charge in [0.25, 0.3) is 0 Å². The van der Waals surface area contributed by atoms with Gasteiger partial charge in [0.05, 0.1) is 18.0 Å². The maximum absolute atomic E-state index is 12.7. The number of anilines is 1. The van der Waals surface area contributed by atoms with Crippen LogP contribution in [0.5, 0.6) is 0 Å². The molecule has 0 bridgehead atoms. The molecule has 1 fully saturated rings. The quantitative estimate of drug-likeness (QED) is 0.697. The van der Waals surface area contributed by atoms with Crippen LogP contribution in [0.25, 0.3) is 11.0 Å². The van der Waals surface area contributed by atoms with E-state index in [1.807, 2.05) is 47.5 Å². The van der Waals surface area contributed by atoms with E-state index < -0.39 is 0 Å². The zero-order valence-corrected chi connectivity index (χ0v) is 16.9. The minimum Gasteiger partial charge on any atom is -0.367 e. The highest BCUT2D eigenvalue weighted by molar-refractivity contribution is 5.87. The van der Waals surface area contributed by atoms with Gasteiger partial charge in [-0.05, 0) is 24.0 Å². The van der Waals surface area contributed by atoms with Gasteiger partial charge in [0.1, 0.15) is 24.4 Å². The molecule has 1 amide bonds. The first-order chi connectivity index (χ1) is 14.1. The van der Waals surface area contributed by atoms with E-state index in [0.29, 0.717) is 19.1 Å². The fourth-order valence-electron chi connectivity index (χ4n) is 4.00. The topological polar surface area (TPSA) is 74.3 Å². The second-order valence-electron chi connectivity index (χ2n) is 7.70. The number of rotatable bonds is 6. The lowest BCUT2D eigenvalue weighted by molar-refractivity contribution is -0.138. The Hall–Kier alpha value is -2.93. The third-order valence-electron chi connectivity index (χ3n) is 5.77. The van der Waals surface area contributed by atoms with E-state index in [1.165, 1.54) is 0 Å². The minimum absolute atomic E-state index is 0.0423. The molecule has 1 aromatic carbocycles. The molecule has 0 unspecified atom stereocenters. The smallest absolute Gasteiger partial charge is 0.248 e. The van der Waals surface area contributed by atoms with E-state index in [1.54, 1.807) is 6.33 Å². The van der Waals surface area contributed by atoms with Crippen LogP contribution in [0.2, 0.25) is 0 Å². The number of piperidine rings is 1. The summed E-state index contributed by atoms with van der Waals surface area (Å²) in [6.45, 7) is 4.23. The van der Waals surface area contributed by atoms with Crippen molar-refractivity contribution in [3.05, 3.63) is 54.5 Å². The van der Waals surface area contributed by atoms with Crippen LogP contribution in [0.4, 0.5) is 5.82 Å². The molecule has 152 valence electrons. The van der Waals surface area contributed by atoms with Crippen LogP contribution in [-0.4, -0.2) is 58.5 Å². The Labute approximate surface area is 170 Å². The molecular weight excluding hydrogens is 366 g/mol. The highest BCUT2D eigenvalue weighted by Crippen LogP contribution is 2.28. The maximum Gasteiger partial charge on any atom is 0.248 e. The fraction of sp³-hybridized carbons (Fsp3) is 0.409. The van der Waals surface area contributed by atoms with E-state index in [2.05, 4.69) is 33.8 Å². The third-order valence-corrected chi connectivity index (χ3v) is 5.77. The molecular formula is C22H27N5O2. The molecule has 7 nitrogen and oxygen atoms in total. The summed E-state index contributed by atoms with van der Waals surface area (Å²) >= 11 is 0. The predicted molar refractivity (Wildman–Crippen MR) is 113 cm³/mol. The van der Waals surface area contributed by atoms with Gasteiger partial charge in [-0.2, -0.15) is 0 Å². The molecule has 2 aromatic heterocycles. The first-order valence-corrected chi connectivity index (χ1v) is 10.0. The average molecular weight is 393 g/mol. The number of carbonyl (C=O) groups is 1. The number of likely N-dealkylation sites (tertiary alicyclic amines) is 1. The van der Waals surface area contributed by atoms with Crippen LogP contribution >= 0.6 is 0 Å². The van der Waals surface area contributed by atoms with Crippen LogP contribution in [-0.2, 0) is 16.1 Å². The number of ether oxygens (including phenoxy) is 1. The van der Waals surface area contributed by atoms with Crippen molar-refractivity contribution in [2.45, 2.75) is 26.0 Å². The first-order valence-electron chi connectivity index (χ1n) is 10.0. The maximum atomic E-state index is 12.7. The number of benzene rings is 1. The molecule has 7 heteroatoms. The molecule has 0 radical (unpaired) electrons. The molecule has 1 saturated heterocycles. The number of hydrogen-bond donors (Lipinski definition) is 1. The zero-order valence-electron chi connectivity index (χ0n) is 16.9. The van der Waals surface area contributed by atoms with Gasteiger partial charge in [-0.1, -0.05) is 37.3 Å². The average Bonchev–Trinajstić information content (AvgIpc) is 3.23. The lowest BCUT2D eigenvalue weighted by atomic mass is 9.92. The zero-order chi connectivity index (χ0) is 20.2. The third kappa shape index (κ3) is 4.24. The summed E-state index contributed by atoms with van der Waals surface area (Å²) in [4.78, 5) is 28.7. The van der Waals surface area contributed by atoms with Crippen molar-refractivity contribution < 1.29 is 9.53 Å². The number of likely N-dealkylation sites (N-methyl/N-ethyl adjacent to an activating group) is 1. The Morgan fingerprint density at radius 1 is 1.28 bits per heavy atom. The number of H-pyrrole nitrogens is 1. The first kappa shape index (κ1) is 19.4. The lowest BCUT2D eigenvalue weighted by Crippen LogP contribution is -2.53. The second-order valence-corrected chi connectivity index (χ2v) is 7.70. The summed E-state index contributed by atoms with van der Waals surface area (Å²) in [5.41, 5.74) is 1.90. The largest absolute Gasteiger partial charge is 0.367 e. The summed E-state index contributed by atoms with van der Waals surface area (Å²) in [5, 5.41) is 0.997. The number of carbonyl (C=O) groups excluding carboxylic acids is 1. The molecule has 0 spiro atoms. The van der Waals surface area contributed by atoms with E-state index in [9.17, 15) is 4.79 Å². The second kappa shape index (κ2) is 8.61. The van der Waals surface area contributed by atoms with Crippen LogP contribution in [0, 0.1) is 5.92 Å². The van der Waals surface area contributed by atoms with Crippen LogP contribution in [0.3, 0.4) is 0 Å².